The molecule has 0 amide bonds. The number of rotatable bonds is 3. The molecule has 0 atom stereocenters. The van der Waals surface area contributed by atoms with Gasteiger partial charge in [0, 0.05) is 0 Å². The summed E-state index contributed by atoms with van der Waals surface area (Å²) < 4.78 is 1.52. The van der Waals surface area contributed by atoms with E-state index in [0.29, 0.717) is 21.3 Å². The predicted molar refractivity (Wildman–Crippen MR) is 74.2 cm³/mol. The number of nitrogens with two attached hydrogens (primary N) is 1. The van der Waals surface area contributed by atoms with E-state index in [1.54, 1.807) is 12.1 Å². The molecule has 2 rings (SSSR count). The SMILES string of the molecule is CSc1[se]c(C(=O)c2ccccc2)c(N)c1C#N. The third-order valence-corrected chi connectivity index (χ3v) is 6.61. The number of nitrogens with zero attached hydrogens (tertiary/aromatic N) is 1. The zero-order valence-corrected chi connectivity index (χ0v) is 12.2. The number of hydrogen-bond acceptors (Lipinski definition) is 4. The Bertz CT molecular complexity index is 628. The average Bonchev–Trinajstić information content (AvgIpc) is 2.75. The Labute approximate surface area is 115 Å². The number of nitriles is 1. The Balaban J connectivity index is 2.50. The van der Waals surface area contributed by atoms with Crippen LogP contribution in [0.4, 0.5) is 5.69 Å². The van der Waals surface area contributed by atoms with Gasteiger partial charge in [0.1, 0.15) is 0 Å². The molecule has 1 heterocycles. The Morgan fingerprint density at radius 3 is 2.56 bits per heavy atom. The van der Waals surface area contributed by atoms with Gasteiger partial charge in [0.2, 0.25) is 0 Å². The van der Waals surface area contributed by atoms with Gasteiger partial charge in [-0.25, -0.2) is 0 Å². The van der Waals surface area contributed by atoms with Crippen molar-refractivity contribution in [1.82, 2.24) is 0 Å². The molecule has 2 aromatic rings. The first kappa shape index (κ1) is 13.0. The fourth-order valence-electron chi connectivity index (χ4n) is 1.56. The molecule has 18 heavy (non-hydrogen) atoms. The number of carbonyl (C=O) groups excluding carboxylic acids is 1. The van der Waals surface area contributed by atoms with Gasteiger partial charge in [0.15, 0.2) is 0 Å². The monoisotopic (exact) mass is 322 g/mol. The van der Waals surface area contributed by atoms with Crippen molar-refractivity contribution in [2.45, 2.75) is 3.77 Å². The van der Waals surface area contributed by atoms with Crippen molar-refractivity contribution >= 4 is 37.7 Å². The molecule has 0 aliphatic rings. The molecule has 0 saturated heterocycles. The van der Waals surface area contributed by atoms with E-state index in [-0.39, 0.29) is 20.3 Å². The summed E-state index contributed by atoms with van der Waals surface area (Å²) in [6, 6.07) is 11.1. The van der Waals surface area contributed by atoms with Gasteiger partial charge in [-0.15, -0.1) is 0 Å². The second kappa shape index (κ2) is 5.45. The van der Waals surface area contributed by atoms with Gasteiger partial charge in [0.25, 0.3) is 0 Å². The second-order valence-corrected chi connectivity index (χ2v) is 7.06. The van der Waals surface area contributed by atoms with E-state index < -0.39 is 0 Å². The fourth-order valence-corrected chi connectivity index (χ4v) is 4.78. The molecule has 0 fully saturated rings. The van der Waals surface area contributed by atoms with Crippen LogP contribution in [0.25, 0.3) is 0 Å². The van der Waals surface area contributed by atoms with Gasteiger partial charge in [-0.2, -0.15) is 0 Å². The van der Waals surface area contributed by atoms with E-state index in [9.17, 15) is 4.79 Å². The van der Waals surface area contributed by atoms with Crippen molar-refractivity contribution in [3.05, 3.63) is 45.9 Å². The number of nitrogen functional groups attached to an aromatic ring is 1. The molecule has 5 heteroatoms. The third-order valence-electron chi connectivity index (χ3n) is 2.45. The molecule has 1 aromatic carbocycles. The molecule has 0 spiro atoms. The summed E-state index contributed by atoms with van der Waals surface area (Å²) >= 11 is 1.34. The first-order valence-corrected chi connectivity index (χ1v) is 8.09. The topological polar surface area (TPSA) is 66.9 Å². The van der Waals surface area contributed by atoms with Crippen LogP contribution in [0.1, 0.15) is 20.4 Å². The maximum atomic E-state index is 12.3. The van der Waals surface area contributed by atoms with Crippen LogP contribution in [0.3, 0.4) is 0 Å². The van der Waals surface area contributed by atoms with Crippen LogP contribution in [0.2, 0.25) is 0 Å². The van der Waals surface area contributed by atoms with Crippen molar-refractivity contribution in [1.29, 1.82) is 5.26 Å². The summed E-state index contributed by atoms with van der Waals surface area (Å²) in [4.78, 5) is 12.3. The molecule has 1 aromatic heterocycles. The molecule has 3 nitrogen and oxygen atoms in total. The summed E-state index contributed by atoms with van der Waals surface area (Å²) in [6.45, 7) is 0. The predicted octanol–water partition coefficient (Wildman–Crippen LogP) is 2.15. The summed E-state index contributed by atoms with van der Waals surface area (Å²) in [6.07, 6.45) is 1.90. The summed E-state index contributed by atoms with van der Waals surface area (Å²) in [5.41, 5.74) is 7.37. The van der Waals surface area contributed by atoms with Crippen LogP contribution in [0.5, 0.6) is 0 Å². The van der Waals surface area contributed by atoms with Crippen molar-refractivity contribution in [3.63, 3.8) is 0 Å². The minimum atomic E-state index is -0.151. The van der Waals surface area contributed by atoms with E-state index in [1.807, 2.05) is 24.5 Å². The van der Waals surface area contributed by atoms with Crippen LogP contribution >= 0.6 is 11.8 Å². The first-order chi connectivity index (χ1) is 8.69. The minimum absolute atomic E-state index is 0.0649. The van der Waals surface area contributed by atoms with Gasteiger partial charge in [-0.1, -0.05) is 0 Å². The quantitative estimate of drug-likeness (QED) is 0.534. The van der Waals surface area contributed by atoms with E-state index in [2.05, 4.69) is 6.07 Å². The first-order valence-electron chi connectivity index (χ1n) is 5.15. The van der Waals surface area contributed by atoms with Gasteiger partial charge >= 0.3 is 116 Å². The second-order valence-electron chi connectivity index (χ2n) is 3.52. The molecule has 2 N–H and O–H groups in total. The third kappa shape index (κ3) is 2.23. The van der Waals surface area contributed by atoms with Crippen LogP contribution in [-0.2, 0) is 0 Å². The van der Waals surface area contributed by atoms with E-state index >= 15 is 0 Å². The molecule has 0 unspecified atom stereocenters. The number of carbonyl (C=O) groups is 1. The molecule has 0 aliphatic carbocycles. The maximum absolute atomic E-state index is 12.3. The standard InChI is InChI=1S/C13H10N2OSSe/c1-17-13-9(7-14)10(15)12(18-13)11(16)8-5-3-2-4-6-8/h2-6H,15H2,1H3. The molecule has 0 radical (unpaired) electrons. The van der Waals surface area contributed by atoms with E-state index in [4.69, 9.17) is 11.0 Å². The van der Waals surface area contributed by atoms with E-state index in [1.165, 1.54) is 11.8 Å². The molecule has 90 valence electrons. The molecule has 0 aliphatic heterocycles. The molecule has 0 bridgehead atoms. The summed E-state index contributed by atoms with van der Waals surface area (Å²) in [5.74, 6) is -0.0649. The van der Waals surface area contributed by atoms with E-state index in [0.717, 1.165) is 3.77 Å². The number of ketones is 1. The number of anilines is 1. The normalized spacial score (nSPS) is 10.0. The summed E-state index contributed by atoms with van der Waals surface area (Å²) in [7, 11) is 0. The molecule has 0 saturated carbocycles. The Hall–Kier alpha value is -1.47. The van der Waals surface area contributed by atoms with Gasteiger partial charge < -0.3 is 0 Å². The Kier molecular flexibility index (Phi) is 3.93. The van der Waals surface area contributed by atoms with Crippen molar-refractivity contribution in [2.24, 2.45) is 0 Å². The van der Waals surface area contributed by atoms with Crippen molar-refractivity contribution in [3.8, 4) is 6.07 Å². The Morgan fingerprint density at radius 2 is 2.06 bits per heavy atom. The number of benzene rings is 1. The zero-order valence-electron chi connectivity index (χ0n) is 9.64. The summed E-state index contributed by atoms with van der Waals surface area (Å²) in [5, 5.41) is 9.07. The Morgan fingerprint density at radius 1 is 1.39 bits per heavy atom. The zero-order chi connectivity index (χ0) is 13.1. The van der Waals surface area contributed by atoms with Crippen molar-refractivity contribution < 1.29 is 4.79 Å². The number of hydrogen-bond donors (Lipinski definition) is 1. The fraction of sp³-hybridized carbons (Fsp3) is 0.0769. The van der Waals surface area contributed by atoms with Crippen LogP contribution in [-0.4, -0.2) is 26.5 Å². The van der Waals surface area contributed by atoms with Crippen LogP contribution < -0.4 is 5.73 Å². The van der Waals surface area contributed by atoms with Crippen LogP contribution in [0, 0.1) is 11.3 Å². The molecular formula is C13H10N2OSSe. The number of thioether (sulfide) groups is 1. The van der Waals surface area contributed by atoms with Crippen molar-refractivity contribution in [2.75, 3.05) is 12.0 Å². The molecular weight excluding hydrogens is 311 g/mol. The van der Waals surface area contributed by atoms with Gasteiger partial charge in [0.05, 0.1) is 0 Å². The van der Waals surface area contributed by atoms with Gasteiger partial charge in [-0.05, 0) is 0 Å². The average molecular weight is 321 g/mol. The van der Waals surface area contributed by atoms with Crippen LogP contribution in [0.15, 0.2) is 34.1 Å². The van der Waals surface area contributed by atoms with Gasteiger partial charge in [-0.3, -0.25) is 0 Å².